The number of nitrogens with one attached hydrogen (secondary N) is 1. The lowest BCUT2D eigenvalue weighted by atomic mass is 9.98. The fourth-order valence-electron chi connectivity index (χ4n) is 3.63. The van der Waals surface area contributed by atoms with Crippen LogP contribution < -0.4 is 5.32 Å². The van der Waals surface area contributed by atoms with Crippen molar-refractivity contribution in [1.82, 2.24) is 5.32 Å². The highest BCUT2D eigenvalue weighted by atomic mass is 35.5. The molecule has 2 N–H and O–H groups in total. The van der Waals surface area contributed by atoms with Crippen LogP contribution >= 0.6 is 23.2 Å². The van der Waals surface area contributed by atoms with Crippen molar-refractivity contribution >= 4 is 29.1 Å². The van der Waals surface area contributed by atoms with Gasteiger partial charge in [-0.1, -0.05) is 29.3 Å². The Kier molecular flexibility index (Phi) is 6.28. The van der Waals surface area contributed by atoms with Gasteiger partial charge in [-0.25, -0.2) is 8.78 Å². The van der Waals surface area contributed by atoms with Crippen LogP contribution in [0.5, 0.6) is 0 Å². The lowest BCUT2D eigenvalue weighted by molar-refractivity contribution is 0.0931. The zero-order chi connectivity index (χ0) is 22.1. The van der Waals surface area contributed by atoms with Gasteiger partial charge in [0, 0.05) is 11.1 Å². The molecule has 0 radical (unpaired) electrons. The Morgan fingerprint density at radius 2 is 1.81 bits per heavy atom. The highest BCUT2D eigenvalue weighted by Gasteiger charge is 2.34. The molecule has 31 heavy (non-hydrogen) atoms. The quantitative estimate of drug-likeness (QED) is 0.451. The summed E-state index contributed by atoms with van der Waals surface area (Å²) in [5.41, 5.74) is 2.62. The zero-order valence-electron chi connectivity index (χ0n) is 16.3. The number of rotatable bonds is 6. The minimum absolute atomic E-state index is 0.0288. The minimum Gasteiger partial charge on any atom is -0.392 e. The molecule has 3 aromatic rings. The van der Waals surface area contributed by atoms with Gasteiger partial charge in [0.25, 0.3) is 5.91 Å². The number of benzene rings is 3. The summed E-state index contributed by atoms with van der Waals surface area (Å²) in [5, 5.41) is 12.9. The number of hydrogen-bond donors (Lipinski definition) is 2. The molecular weight excluding hydrogens is 443 g/mol. The van der Waals surface area contributed by atoms with Crippen LogP contribution in [0.3, 0.4) is 0 Å². The molecule has 0 spiro atoms. The minimum atomic E-state index is -0.533. The van der Waals surface area contributed by atoms with E-state index >= 15 is 0 Å². The van der Waals surface area contributed by atoms with Crippen LogP contribution in [0.4, 0.5) is 8.78 Å². The number of halogens is 4. The molecule has 0 bridgehead atoms. The van der Waals surface area contributed by atoms with E-state index in [2.05, 4.69) is 5.32 Å². The third-order valence-corrected chi connectivity index (χ3v) is 5.98. The van der Waals surface area contributed by atoms with E-state index in [0.29, 0.717) is 27.8 Å². The summed E-state index contributed by atoms with van der Waals surface area (Å²) in [6, 6.07) is 13.1. The highest BCUT2D eigenvalue weighted by molar-refractivity contribution is 6.33. The van der Waals surface area contributed by atoms with E-state index in [-0.39, 0.29) is 34.5 Å². The van der Waals surface area contributed by atoms with Gasteiger partial charge in [-0.15, -0.1) is 0 Å². The fourth-order valence-corrected chi connectivity index (χ4v) is 4.02. The van der Waals surface area contributed by atoms with Crippen molar-refractivity contribution in [2.24, 2.45) is 5.92 Å². The van der Waals surface area contributed by atoms with E-state index in [1.807, 2.05) is 0 Å². The summed E-state index contributed by atoms with van der Waals surface area (Å²) in [4.78, 5) is 13.1. The molecule has 1 aliphatic carbocycles. The van der Waals surface area contributed by atoms with E-state index in [1.165, 1.54) is 30.3 Å². The van der Waals surface area contributed by atoms with Crippen molar-refractivity contribution in [2.45, 2.75) is 25.5 Å². The second-order valence-corrected chi connectivity index (χ2v) is 8.48. The highest BCUT2D eigenvalue weighted by Crippen LogP contribution is 2.42. The van der Waals surface area contributed by atoms with Gasteiger partial charge in [-0.3, -0.25) is 4.79 Å². The summed E-state index contributed by atoms with van der Waals surface area (Å²) in [6.07, 6.45) is 1.87. The number of hydrogen-bond acceptors (Lipinski definition) is 2. The average Bonchev–Trinajstić information content (AvgIpc) is 3.58. The van der Waals surface area contributed by atoms with E-state index in [0.717, 1.165) is 12.8 Å². The summed E-state index contributed by atoms with van der Waals surface area (Å²) in [7, 11) is 0. The molecular formula is C24H19Cl2F2NO2. The molecule has 0 aliphatic heterocycles. The third-order valence-electron chi connectivity index (χ3n) is 5.36. The predicted octanol–water partition coefficient (Wildman–Crippen LogP) is 6.31. The summed E-state index contributed by atoms with van der Waals surface area (Å²) >= 11 is 12.0. The molecule has 0 unspecified atom stereocenters. The van der Waals surface area contributed by atoms with Gasteiger partial charge in [0.1, 0.15) is 11.6 Å². The van der Waals surface area contributed by atoms with Gasteiger partial charge in [-0.05, 0) is 84.0 Å². The van der Waals surface area contributed by atoms with Crippen LogP contribution in [-0.2, 0) is 6.61 Å². The molecule has 1 aliphatic rings. The second-order valence-electron chi connectivity index (χ2n) is 7.66. The molecule has 3 aromatic carbocycles. The van der Waals surface area contributed by atoms with Gasteiger partial charge >= 0.3 is 0 Å². The number of aliphatic hydroxyl groups is 1. The van der Waals surface area contributed by atoms with E-state index in [9.17, 15) is 18.7 Å². The molecule has 160 valence electrons. The number of carbonyl (C=O) groups excluding carboxylic acids is 1. The Hall–Kier alpha value is -2.47. The predicted molar refractivity (Wildman–Crippen MR) is 117 cm³/mol. The van der Waals surface area contributed by atoms with Crippen LogP contribution in [-0.4, -0.2) is 11.0 Å². The number of carbonyl (C=O) groups is 1. The van der Waals surface area contributed by atoms with E-state index in [1.54, 1.807) is 24.3 Å². The molecule has 7 heteroatoms. The fraction of sp³-hybridized carbons (Fsp3) is 0.208. The van der Waals surface area contributed by atoms with Gasteiger partial charge < -0.3 is 10.4 Å². The molecule has 1 atom stereocenters. The van der Waals surface area contributed by atoms with Crippen molar-refractivity contribution in [1.29, 1.82) is 0 Å². The third kappa shape index (κ3) is 4.90. The molecule has 0 heterocycles. The van der Waals surface area contributed by atoms with Gasteiger partial charge in [0.15, 0.2) is 0 Å². The van der Waals surface area contributed by atoms with Gasteiger partial charge in [0.2, 0.25) is 0 Å². The summed E-state index contributed by atoms with van der Waals surface area (Å²) in [6.45, 7) is -0.276. The van der Waals surface area contributed by atoms with Crippen molar-refractivity contribution < 1.29 is 18.7 Å². The van der Waals surface area contributed by atoms with Gasteiger partial charge in [-0.2, -0.15) is 0 Å². The van der Waals surface area contributed by atoms with Crippen molar-refractivity contribution in [3.63, 3.8) is 0 Å². The lowest BCUT2D eigenvalue weighted by Crippen LogP contribution is -2.30. The largest absolute Gasteiger partial charge is 0.392 e. The first kappa shape index (κ1) is 21.8. The first-order valence-electron chi connectivity index (χ1n) is 9.82. The summed E-state index contributed by atoms with van der Waals surface area (Å²) < 4.78 is 27.4. The Bertz CT molecular complexity index is 1150. The van der Waals surface area contributed by atoms with Crippen LogP contribution in [0.2, 0.25) is 10.0 Å². The smallest absolute Gasteiger partial charge is 0.251 e. The van der Waals surface area contributed by atoms with Crippen molar-refractivity contribution in [3.8, 4) is 11.1 Å². The summed E-state index contributed by atoms with van der Waals surface area (Å²) in [5.74, 6) is -1.14. The molecule has 1 amide bonds. The molecule has 1 saturated carbocycles. The Labute approximate surface area is 188 Å². The monoisotopic (exact) mass is 461 g/mol. The normalized spacial score (nSPS) is 14.4. The van der Waals surface area contributed by atoms with Crippen LogP contribution in [0, 0.1) is 17.6 Å². The molecule has 3 nitrogen and oxygen atoms in total. The molecule has 0 saturated heterocycles. The molecule has 0 aromatic heterocycles. The Balaban J connectivity index is 1.66. The maximum Gasteiger partial charge on any atom is 0.251 e. The maximum atomic E-state index is 14.0. The zero-order valence-corrected chi connectivity index (χ0v) is 17.9. The topological polar surface area (TPSA) is 49.3 Å². The molecule has 4 rings (SSSR count). The van der Waals surface area contributed by atoms with Crippen molar-refractivity contribution in [3.05, 3.63) is 93.0 Å². The lowest BCUT2D eigenvalue weighted by Gasteiger charge is -2.20. The van der Waals surface area contributed by atoms with Crippen LogP contribution in [0.1, 0.15) is 40.4 Å². The Morgan fingerprint density at radius 1 is 1.03 bits per heavy atom. The first-order valence-corrected chi connectivity index (χ1v) is 10.6. The Morgan fingerprint density at radius 3 is 2.45 bits per heavy atom. The van der Waals surface area contributed by atoms with E-state index in [4.69, 9.17) is 23.2 Å². The maximum absolute atomic E-state index is 14.0. The second kappa shape index (κ2) is 8.95. The van der Waals surface area contributed by atoms with Gasteiger partial charge in [0.05, 0.1) is 22.7 Å². The number of aliphatic hydroxyl groups excluding tert-OH is 1. The standard InChI is InChI=1S/C24H19Cl2F2NO2/c25-20-6-3-15(10-22(20)28)23(14-1-2-14)29-24(31)17-8-13(12-30)7-16(9-17)19-5-4-18(27)11-21(19)26/h3-11,14,23,30H,1-2,12H2,(H,29,31)/t23-/m0/s1. The average molecular weight is 462 g/mol. The number of amides is 1. The van der Waals surface area contributed by atoms with E-state index < -0.39 is 11.6 Å². The molecule has 1 fully saturated rings. The first-order chi connectivity index (χ1) is 14.9. The van der Waals surface area contributed by atoms with Crippen LogP contribution in [0.25, 0.3) is 11.1 Å². The SMILES string of the molecule is O=C(N[C@H](c1ccc(Cl)c(F)c1)C1CC1)c1cc(CO)cc(-c2ccc(F)cc2Cl)c1. The van der Waals surface area contributed by atoms with Crippen LogP contribution in [0.15, 0.2) is 54.6 Å². The van der Waals surface area contributed by atoms with Crippen molar-refractivity contribution in [2.75, 3.05) is 0 Å².